The summed E-state index contributed by atoms with van der Waals surface area (Å²) in [5.41, 5.74) is 9.11. The molecule has 0 saturated heterocycles. The van der Waals surface area contributed by atoms with Crippen molar-refractivity contribution in [2.24, 2.45) is 10.9 Å². The van der Waals surface area contributed by atoms with Gasteiger partial charge in [-0.2, -0.15) is 4.98 Å². The molecule has 0 bridgehead atoms. The first-order valence-corrected chi connectivity index (χ1v) is 12.0. The minimum absolute atomic E-state index is 0.267. The fraction of sp³-hybridized carbons (Fsp3) is 0.538. The van der Waals surface area contributed by atoms with Crippen LogP contribution in [0.25, 0.3) is 0 Å². The molecule has 1 saturated carbocycles. The number of carbonyl (C=O) groups is 1. The van der Waals surface area contributed by atoms with Gasteiger partial charge in [0.15, 0.2) is 11.5 Å². The second-order valence-electron chi connectivity index (χ2n) is 9.77. The largest absolute Gasteiger partial charge is 0.463 e. The maximum absolute atomic E-state index is 12.1. The number of nitrogens with zero attached hydrogens (tertiary/aromatic N) is 4. The lowest BCUT2D eigenvalue weighted by molar-refractivity contribution is -0.130. The third kappa shape index (κ3) is 5.02. The normalized spacial score (nSPS) is 21.5. The van der Waals surface area contributed by atoms with Crippen molar-refractivity contribution in [2.75, 3.05) is 19.3 Å². The zero-order valence-electron chi connectivity index (χ0n) is 20.2. The minimum Gasteiger partial charge on any atom is -0.463 e. The Morgan fingerprint density at radius 2 is 1.85 bits per heavy atom. The number of ether oxygens (including phenoxy) is 1. The van der Waals surface area contributed by atoms with Crippen LogP contribution < -0.4 is 10.5 Å². The van der Waals surface area contributed by atoms with Gasteiger partial charge in [0.2, 0.25) is 11.8 Å². The van der Waals surface area contributed by atoms with Gasteiger partial charge >= 0.3 is 0 Å². The fourth-order valence-electron chi connectivity index (χ4n) is 4.90. The van der Waals surface area contributed by atoms with Gasteiger partial charge in [-0.15, -0.1) is 0 Å². The van der Waals surface area contributed by atoms with Crippen LogP contribution in [0.3, 0.4) is 0 Å². The summed E-state index contributed by atoms with van der Waals surface area (Å²) in [5, 5.41) is 0. The Hall–Kier alpha value is -2.96. The van der Waals surface area contributed by atoms with Crippen molar-refractivity contribution in [3.05, 3.63) is 41.7 Å². The van der Waals surface area contributed by atoms with Gasteiger partial charge in [-0.3, -0.25) is 4.79 Å². The molecule has 1 aromatic heterocycles. The number of carbonyl (C=O) groups excluding carboxylic acids is 1. The molecule has 2 aliphatic rings. The maximum Gasteiger partial charge on any atom is 0.246 e. The zero-order valence-corrected chi connectivity index (χ0v) is 20.2. The van der Waals surface area contributed by atoms with Crippen molar-refractivity contribution in [3.8, 4) is 5.88 Å². The van der Waals surface area contributed by atoms with Gasteiger partial charge in [0, 0.05) is 25.6 Å². The van der Waals surface area contributed by atoms with Crippen LogP contribution in [0.2, 0.25) is 0 Å². The lowest BCUT2D eigenvalue weighted by Crippen LogP contribution is -2.41. The van der Waals surface area contributed by atoms with E-state index in [1.165, 1.54) is 37.6 Å². The smallest absolute Gasteiger partial charge is 0.246 e. The highest BCUT2D eigenvalue weighted by Gasteiger charge is 2.35. The summed E-state index contributed by atoms with van der Waals surface area (Å²) in [6, 6.07) is 8.71. The summed E-state index contributed by atoms with van der Waals surface area (Å²) >= 11 is 0. The first-order chi connectivity index (χ1) is 15.8. The molecular formula is C26H35N5O2. The highest BCUT2D eigenvalue weighted by atomic mass is 16.5. The lowest BCUT2D eigenvalue weighted by Gasteiger charge is -2.32. The average molecular weight is 450 g/mol. The van der Waals surface area contributed by atoms with Gasteiger partial charge in [-0.25, -0.2) is 9.98 Å². The van der Waals surface area contributed by atoms with E-state index >= 15 is 0 Å². The summed E-state index contributed by atoms with van der Waals surface area (Å²) in [5.74, 6) is 2.25. The Morgan fingerprint density at radius 3 is 2.52 bits per heavy atom. The molecule has 1 amide bonds. The van der Waals surface area contributed by atoms with E-state index in [1.54, 1.807) is 0 Å². The summed E-state index contributed by atoms with van der Waals surface area (Å²) in [7, 11) is 1.89. The van der Waals surface area contributed by atoms with Crippen LogP contribution >= 0.6 is 0 Å². The summed E-state index contributed by atoms with van der Waals surface area (Å²) < 4.78 is 6.10. The quantitative estimate of drug-likeness (QED) is 0.678. The molecule has 2 heterocycles. The number of fused-ring (bicyclic) bond motifs is 1. The second kappa shape index (κ2) is 9.49. The second-order valence-corrected chi connectivity index (χ2v) is 9.77. The van der Waals surface area contributed by atoms with E-state index in [0.717, 1.165) is 24.2 Å². The van der Waals surface area contributed by atoms with E-state index in [0.29, 0.717) is 35.6 Å². The van der Waals surface area contributed by atoms with Crippen molar-refractivity contribution in [3.63, 3.8) is 0 Å². The summed E-state index contributed by atoms with van der Waals surface area (Å²) in [6.45, 7) is 6.79. The summed E-state index contributed by atoms with van der Waals surface area (Å²) in [4.78, 5) is 26.9. The number of benzene rings is 1. The Balaban J connectivity index is 1.40. The standard InChI is InChI=1S/C26H35N5O2/c1-5-31(4)21(32)15-8-17-6-9-18(10-7-17)19-11-13-20(14-12-19)23-26(2,3)33-25-22(30-23)24(27)28-16-29-25/h11-14,16-18H,5-10,15H2,1-4H3,(H2,27,28,29). The highest BCUT2D eigenvalue weighted by Crippen LogP contribution is 2.40. The van der Waals surface area contributed by atoms with Crippen LogP contribution in [0.4, 0.5) is 11.5 Å². The predicted octanol–water partition coefficient (Wildman–Crippen LogP) is 4.88. The molecule has 176 valence electrons. The van der Waals surface area contributed by atoms with Crippen molar-refractivity contribution in [1.29, 1.82) is 0 Å². The van der Waals surface area contributed by atoms with Crippen molar-refractivity contribution >= 4 is 23.1 Å². The summed E-state index contributed by atoms with van der Waals surface area (Å²) in [6.07, 6.45) is 7.83. The van der Waals surface area contributed by atoms with Gasteiger partial charge in [0.1, 0.15) is 11.9 Å². The monoisotopic (exact) mass is 449 g/mol. The van der Waals surface area contributed by atoms with E-state index in [2.05, 4.69) is 34.2 Å². The first kappa shape index (κ1) is 23.2. The molecule has 7 heteroatoms. The third-order valence-electron chi connectivity index (χ3n) is 7.13. The number of nitrogen functional groups attached to an aromatic ring is 1. The first-order valence-electron chi connectivity index (χ1n) is 12.0. The molecule has 4 rings (SSSR count). The zero-order chi connectivity index (χ0) is 23.6. The maximum atomic E-state index is 12.1. The number of anilines is 1. The number of hydrogen-bond acceptors (Lipinski definition) is 6. The van der Waals surface area contributed by atoms with Crippen LogP contribution in [0.15, 0.2) is 35.6 Å². The van der Waals surface area contributed by atoms with E-state index in [1.807, 2.05) is 32.7 Å². The number of hydrogen-bond donors (Lipinski definition) is 1. The highest BCUT2D eigenvalue weighted by molar-refractivity contribution is 6.09. The molecule has 1 fully saturated rings. The molecule has 1 aromatic carbocycles. The Morgan fingerprint density at radius 1 is 1.15 bits per heavy atom. The number of aromatic nitrogens is 2. The number of amides is 1. The molecule has 2 aromatic rings. The Bertz CT molecular complexity index is 1020. The van der Waals surface area contributed by atoms with Gasteiger partial charge in [-0.05, 0) is 70.3 Å². The SMILES string of the molecule is CCN(C)C(=O)CCC1CCC(c2ccc(C3=Nc4c(N)ncnc4OC3(C)C)cc2)CC1. The molecule has 7 nitrogen and oxygen atoms in total. The lowest BCUT2D eigenvalue weighted by atomic mass is 9.77. The molecule has 1 aliphatic heterocycles. The molecule has 1 aliphatic carbocycles. The molecule has 0 unspecified atom stereocenters. The molecule has 2 N–H and O–H groups in total. The number of rotatable bonds is 6. The third-order valence-corrected chi connectivity index (χ3v) is 7.13. The topological polar surface area (TPSA) is 93.7 Å². The van der Waals surface area contributed by atoms with Crippen LogP contribution in [-0.2, 0) is 4.79 Å². The van der Waals surface area contributed by atoms with Crippen molar-refractivity contribution < 1.29 is 9.53 Å². The van der Waals surface area contributed by atoms with E-state index in [9.17, 15) is 4.79 Å². The van der Waals surface area contributed by atoms with Gasteiger partial charge < -0.3 is 15.4 Å². The van der Waals surface area contributed by atoms with Gasteiger partial charge in [0.05, 0.1) is 5.71 Å². The Kier molecular flexibility index (Phi) is 6.68. The van der Waals surface area contributed by atoms with Gasteiger partial charge in [-0.1, -0.05) is 24.3 Å². The van der Waals surface area contributed by atoms with E-state index < -0.39 is 5.60 Å². The Labute approximate surface area is 196 Å². The number of aliphatic imine (C=N–C) groups is 1. The van der Waals surface area contributed by atoms with E-state index in [-0.39, 0.29) is 5.91 Å². The average Bonchev–Trinajstić information content (AvgIpc) is 2.82. The molecule has 33 heavy (non-hydrogen) atoms. The van der Waals surface area contributed by atoms with Gasteiger partial charge in [0.25, 0.3) is 0 Å². The van der Waals surface area contributed by atoms with Crippen LogP contribution in [-0.4, -0.2) is 45.7 Å². The molecule has 0 spiro atoms. The van der Waals surface area contributed by atoms with Crippen molar-refractivity contribution in [1.82, 2.24) is 14.9 Å². The molecular weight excluding hydrogens is 414 g/mol. The number of nitrogens with two attached hydrogens (primary N) is 1. The van der Waals surface area contributed by atoms with Crippen LogP contribution in [0.1, 0.15) is 76.3 Å². The van der Waals surface area contributed by atoms with Crippen molar-refractivity contribution in [2.45, 2.75) is 70.8 Å². The molecule has 0 atom stereocenters. The predicted molar refractivity (Wildman–Crippen MR) is 131 cm³/mol. The minimum atomic E-state index is -0.614. The van der Waals surface area contributed by atoms with Crippen LogP contribution in [0.5, 0.6) is 5.88 Å². The van der Waals surface area contributed by atoms with E-state index in [4.69, 9.17) is 15.5 Å². The fourth-order valence-corrected chi connectivity index (χ4v) is 4.90. The molecule has 0 radical (unpaired) electrons. The van der Waals surface area contributed by atoms with Crippen LogP contribution in [0, 0.1) is 5.92 Å².